The largest absolute Gasteiger partial charge is 0.480 e. The number of hydrogen-bond acceptors (Lipinski definition) is 2. The minimum atomic E-state index is -1.03. The number of rotatable bonds is 3. The number of halogens is 1. The van der Waals surface area contributed by atoms with Crippen molar-refractivity contribution < 1.29 is 14.7 Å². The number of amides is 1. The molecule has 1 fully saturated rings. The SMILES string of the molecule is Cn1cc(Br)cc1C(=O)NC1(C(=O)O)CC1. The van der Waals surface area contributed by atoms with Gasteiger partial charge in [0.25, 0.3) is 5.91 Å². The Hall–Kier alpha value is -1.30. The molecule has 0 atom stereocenters. The van der Waals surface area contributed by atoms with Gasteiger partial charge >= 0.3 is 5.97 Å². The summed E-state index contributed by atoms with van der Waals surface area (Å²) in [5.41, 5.74) is -0.590. The lowest BCUT2D eigenvalue weighted by molar-refractivity contribution is -0.140. The molecule has 16 heavy (non-hydrogen) atoms. The van der Waals surface area contributed by atoms with Gasteiger partial charge in [-0.25, -0.2) is 4.79 Å². The maximum atomic E-state index is 11.8. The molecule has 1 aromatic heterocycles. The predicted molar refractivity (Wildman–Crippen MR) is 60.2 cm³/mol. The van der Waals surface area contributed by atoms with Gasteiger partial charge in [0.1, 0.15) is 11.2 Å². The molecule has 0 aliphatic heterocycles. The van der Waals surface area contributed by atoms with Gasteiger partial charge in [0, 0.05) is 17.7 Å². The molecule has 0 radical (unpaired) electrons. The Balaban J connectivity index is 2.15. The van der Waals surface area contributed by atoms with Crippen molar-refractivity contribution in [3.8, 4) is 0 Å². The van der Waals surface area contributed by atoms with Gasteiger partial charge in [0.05, 0.1) is 0 Å². The number of nitrogens with one attached hydrogen (secondary N) is 1. The first-order valence-corrected chi connectivity index (χ1v) is 5.62. The van der Waals surface area contributed by atoms with E-state index >= 15 is 0 Å². The average molecular weight is 287 g/mol. The normalized spacial score (nSPS) is 16.9. The second kappa shape index (κ2) is 3.62. The first-order chi connectivity index (χ1) is 7.44. The van der Waals surface area contributed by atoms with Crippen LogP contribution in [-0.2, 0) is 11.8 Å². The first kappa shape index (κ1) is 11.2. The van der Waals surface area contributed by atoms with E-state index in [2.05, 4.69) is 21.2 Å². The van der Waals surface area contributed by atoms with Crippen LogP contribution in [0.15, 0.2) is 16.7 Å². The lowest BCUT2D eigenvalue weighted by atomic mass is 10.2. The molecule has 1 aliphatic rings. The summed E-state index contributed by atoms with van der Waals surface area (Å²) >= 11 is 3.26. The van der Waals surface area contributed by atoms with Crippen molar-refractivity contribution in [3.63, 3.8) is 0 Å². The van der Waals surface area contributed by atoms with Crippen molar-refractivity contribution in [3.05, 3.63) is 22.4 Å². The Labute approximate surface area is 101 Å². The summed E-state index contributed by atoms with van der Waals surface area (Å²) in [6.45, 7) is 0. The number of carbonyl (C=O) groups is 2. The zero-order valence-electron chi connectivity index (χ0n) is 8.66. The fourth-order valence-corrected chi connectivity index (χ4v) is 2.07. The van der Waals surface area contributed by atoms with E-state index in [1.165, 1.54) is 0 Å². The van der Waals surface area contributed by atoms with Gasteiger partial charge in [-0.05, 0) is 34.8 Å². The highest BCUT2D eigenvalue weighted by atomic mass is 79.9. The molecule has 2 rings (SSSR count). The van der Waals surface area contributed by atoms with Crippen molar-refractivity contribution in [2.45, 2.75) is 18.4 Å². The second-order valence-corrected chi connectivity index (χ2v) is 4.91. The van der Waals surface area contributed by atoms with Crippen LogP contribution in [0.4, 0.5) is 0 Å². The second-order valence-electron chi connectivity index (χ2n) is 4.00. The molecule has 1 saturated carbocycles. The standard InChI is InChI=1S/C10H11BrN2O3/c1-13-5-6(11)4-7(13)8(14)12-10(2-3-10)9(15)16/h4-5H,2-3H2,1H3,(H,12,14)(H,15,16). The molecular formula is C10H11BrN2O3. The fourth-order valence-electron chi connectivity index (χ4n) is 1.55. The summed E-state index contributed by atoms with van der Waals surface area (Å²) in [6.07, 6.45) is 2.74. The fraction of sp³-hybridized carbons (Fsp3) is 0.400. The molecule has 6 heteroatoms. The van der Waals surface area contributed by atoms with Gasteiger partial charge in [-0.2, -0.15) is 0 Å². The van der Waals surface area contributed by atoms with Gasteiger partial charge in [-0.3, -0.25) is 4.79 Å². The van der Waals surface area contributed by atoms with E-state index in [1.54, 1.807) is 23.9 Å². The number of carboxylic acids is 1. The van der Waals surface area contributed by atoms with Crippen molar-refractivity contribution in [2.24, 2.45) is 7.05 Å². The highest BCUT2D eigenvalue weighted by molar-refractivity contribution is 9.10. The molecular weight excluding hydrogens is 276 g/mol. The lowest BCUT2D eigenvalue weighted by Crippen LogP contribution is -2.43. The molecule has 0 spiro atoms. The van der Waals surface area contributed by atoms with Crippen LogP contribution >= 0.6 is 15.9 Å². The van der Waals surface area contributed by atoms with Crippen LogP contribution in [-0.4, -0.2) is 27.1 Å². The summed E-state index contributed by atoms with van der Waals surface area (Å²) in [5, 5.41) is 11.5. The maximum Gasteiger partial charge on any atom is 0.329 e. The third-order valence-corrected chi connectivity index (χ3v) is 3.15. The summed E-state index contributed by atoms with van der Waals surface area (Å²) in [7, 11) is 1.74. The van der Waals surface area contributed by atoms with Crippen molar-refractivity contribution in [2.75, 3.05) is 0 Å². The molecule has 86 valence electrons. The summed E-state index contributed by atoms with van der Waals surface area (Å²) < 4.78 is 2.44. The number of nitrogens with zero attached hydrogens (tertiary/aromatic N) is 1. The van der Waals surface area contributed by atoms with Crippen molar-refractivity contribution in [1.82, 2.24) is 9.88 Å². The van der Waals surface area contributed by atoms with E-state index < -0.39 is 11.5 Å². The Morgan fingerprint density at radius 1 is 1.56 bits per heavy atom. The van der Waals surface area contributed by atoms with Gasteiger partial charge < -0.3 is 15.0 Å². The predicted octanol–water partition coefficient (Wildman–Crippen LogP) is 1.13. The minimum Gasteiger partial charge on any atom is -0.480 e. The molecule has 1 aliphatic carbocycles. The average Bonchev–Trinajstić information content (AvgIpc) is 2.87. The zero-order valence-corrected chi connectivity index (χ0v) is 10.2. The summed E-state index contributed by atoms with van der Waals surface area (Å²) in [5.74, 6) is -1.32. The summed E-state index contributed by atoms with van der Waals surface area (Å²) in [6, 6.07) is 1.66. The quantitative estimate of drug-likeness (QED) is 0.875. The van der Waals surface area contributed by atoms with E-state index in [4.69, 9.17) is 5.11 Å². The van der Waals surface area contributed by atoms with Crippen LogP contribution < -0.4 is 5.32 Å². The van der Waals surface area contributed by atoms with Gasteiger partial charge in [-0.1, -0.05) is 0 Å². The van der Waals surface area contributed by atoms with Crippen LogP contribution in [0.5, 0.6) is 0 Å². The topological polar surface area (TPSA) is 71.3 Å². The molecule has 2 N–H and O–H groups in total. The molecule has 1 heterocycles. The highest BCUT2D eigenvalue weighted by Gasteiger charge is 2.51. The Morgan fingerprint density at radius 2 is 2.19 bits per heavy atom. The van der Waals surface area contributed by atoms with Crippen LogP contribution in [0.25, 0.3) is 0 Å². The first-order valence-electron chi connectivity index (χ1n) is 4.82. The number of carboxylic acid groups (broad SMARTS) is 1. The smallest absolute Gasteiger partial charge is 0.329 e. The van der Waals surface area contributed by atoms with Crippen LogP contribution in [0, 0.1) is 0 Å². The number of hydrogen-bond donors (Lipinski definition) is 2. The molecule has 0 saturated heterocycles. The van der Waals surface area contributed by atoms with E-state index in [0.717, 1.165) is 4.47 Å². The van der Waals surface area contributed by atoms with Crippen molar-refractivity contribution >= 4 is 27.8 Å². The third-order valence-electron chi connectivity index (χ3n) is 2.72. The molecule has 0 unspecified atom stereocenters. The van der Waals surface area contributed by atoms with Crippen LogP contribution in [0.2, 0.25) is 0 Å². The number of aromatic nitrogens is 1. The van der Waals surface area contributed by atoms with E-state index in [1.807, 2.05) is 0 Å². The Kier molecular flexibility index (Phi) is 2.53. The number of carbonyl (C=O) groups excluding carboxylic acids is 1. The molecule has 1 aromatic rings. The maximum absolute atomic E-state index is 11.8. The van der Waals surface area contributed by atoms with Crippen molar-refractivity contribution in [1.29, 1.82) is 0 Å². The monoisotopic (exact) mass is 286 g/mol. The van der Waals surface area contributed by atoms with Gasteiger partial charge in [0.2, 0.25) is 0 Å². The van der Waals surface area contributed by atoms with E-state index in [-0.39, 0.29) is 5.91 Å². The Morgan fingerprint density at radius 3 is 2.56 bits per heavy atom. The molecule has 0 bridgehead atoms. The third kappa shape index (κ3) is 1.84. The lowest BCUT2D eigenvalue weighted by Gasteiger charge is -2.12. The van der Waals surface area contributed by atoms with Crippen LogP contribution in [0.3, 0.4) is 0 Å². The number of aryl methyl sites for hydroxylation is 1. The summed E-state index contributed by atoms with van der Waals surface area (Å²) in [4.78, 5) is 22.7. The number of aliphatic carboxylic acids is 1. The van der Waals surface area contributed by atoms with Gasteiger partial charge in [-0.15, -0.1) is 0 Å². The molecule has 5 nitrogen and oxygen atoms in total. The van der Waals surface area contributed by atoms with Gasteiger partial charge in [0.15, 0.2) is 0 Å². The van der Waals surface area contributed by atoms with E-state index in [0.29, 0.717) is 18.5 Å². The molecule has 1 amide bonds. The van der Waals surface area contributed by atoms with Crippen LogP contribution in [0.1, 0.15) is 23.3 Å². The zero-order chi connectivity index (χ0) is 11.9. The highest BCUT2D eigenvalue weighted by Crippen LogP contribution is 2.35. The molecule has 0 aromatic carbocycles. The minimum absolute atomic E-state index is 0.354. The van der Waals surface area contributed by atoms with E-state index in [9.17, 15) is 9.59 Å². The Bertz CT molecular complexity index is 463.